The molecule has 156 valence electrons. The van der Waals surface area contributed by atoms with E-state index in [9.17, 15) is 14.4 Å². The van der Waals surface area contributed by atoms with Gasteiger partial charge in [0.2, 0.25) is 11.8 Å². The standard InChI is InChI=1S/C20H22N6O3S/c1-26-11-14(10-23-26)20-25-16(12-30-20)19(29)24-15(9-13-5-3-2-4-6-13)18(28)22-8-7-17(21)27/h2-6,10-12,15H,7-9H2,1H3,(H2,21,27)(H,22,28)(H,24,29)/t15-/m1/s1. The molecule has 2 aromatic heterocycles. The van der Waals surface area contributed by atoms with Gasteiger partial charge in [0.05, 0.1) is 6.20 Å². The molecule has 4 N–H and O–H groups in total. The highest BCUT2D eigenvalue weighted by atomic mass is 32.1. The van der Waals surface area contributed by atoms with Crippen LogP contribution in [0.2, 0.25) is 0 Å². The molecule has 0 saturated carbocycles. The fourth-order valence-electron chi connectivity index (χ4n) is 2.77. The molecule has 0 saturated heterocycles. The molecule has 30 heavy (non-hydrogen) atoms. The molecule has 10 heteroatoms. The molecule has 0 aliphatic carbocycles. The van der Waals surface area contributed by atoms with Crippen LogP contribution in [0.5, 0.6) is 0 Å². The van der Waals surface area contributed by atoms with Gasteiger partial charge in [-0.2, -0.15) is 5.10 Å². The Hall–Kier alpha value is -3.53. The summed E-state index contributed by atoms with van der Waals surface area (Å²) in [6, 6.07) is 8.52. The van der Waals surface area contributed by atoms with Crippen molar-refractivity contribution in [3.63, 3.8) is 0 Å². The highest BCUT2D eigenvalue weighted by Gasteiger charge is 2.23. The minimum atomic E-state index is -0.823. The van der Waals surface area contributed by atoms with Gasteiger partial charge in [0.25, 0.3) is 5.91 Å². The van der Waals surface area contributed by atoms with Crippen LogP contribution in [-0.2, 0) is 23.1 Å². The van der Waals surface area contributed by atoms with Gasteiger partial charge in [0.1, 0.15) is 16.7 Å². The van der Waals surface area contributed by atoms with E-state index in [0.717, 1.165) is 11.1 Å². The van der Waals surface area contributed by atoms with Crippen molar-refractivity contribution in [3.8, 4) is 10.6 Å². The molecule has 2 heterocycles. The number of benzene rings is 1. The lowest BCUT2D eigenvalue weighted by molar-refractivity contribution is -0.123. The molecule has 3 amide bonds. The van der Waals surface area contributed by atoms with E-state index in [4.69, 9.17) is 5.73 Å². The molecule has 0 spiro atoms. The number of aryl methyl sites for hydroxylation is 1. The van der Waals surface area contributed by atoms with E-state index in [1.54, 1.807) is 23.3 Å². The van der Waals surface area contributed by atoms with Gasteiger partial charge in [-0.1, -0.05) is 30.3 Å². The molecule has 0 unspecified atom stereocenters. The first kappa shape index (κ1) is 21.2. The number of nitrogens with two attached hydrogens (primary N) is 1. The predicted molar refractivity (Wildman–Crippen MR) is 113 cm³/mol. The van der Waals surface area contributed by atoms with Crippen LogP contribution < -0.4 is 16.4 Å². The number of primary amides is 1. The summed E-state index contributed by atoms with van der Waals surface area (Å²) in [5.41, 5.74) is 7.04. The summed E-state index contributed by atoms with van der Waals surface area (Å²) in [5, 5.41) is 11.8. The lowest BCUT2D eigenvalue weighted by atomic mass is 10.0. The van der Waals surface area contributed by atoms with Gasteiger partial charge < -0.3 is 16.4 Å². The van der Waals surface area contributed by atoms with Crippen LogP contribution in [0.25, 0.3) is 10.6 Å². The van der Waals surface area contributed by atoms with E-state index < -0.39 is 23.8 Å². The maximum absolute atomic E-state index is 12.7. The Morgan fingerprint density at radius 1 is 1.23 bits per heavy atom. The lowest BCUT2D eigenvalue weighted by Crippen LogP contribution is -2.48. The van der Waals surface area contributed by atoms with Crippen molar-refractivity contribution in [1.82, 2.24) is 25.4 Å². The van der Waals surface area contributed by atoms with Crippen molar-refractivity contribution in [1.29, 1.82) is 0 Å². The number of nitrogens with one attached hydrogen (secondary N) is 2. The van der Waals surface area contributed by atoms with Gasteiger partial charge in [0, 0.05) is 43.6 Å². The molecule has 9 nitrogen and oxygen atoms in total. The number of hydrogen-bond donors (Lipinski definition) is 3. The average molecular weight is 427 g/mol. The zero-order valence-electron chi connectivity index (χ0n) is 16.4. The smallest absolute Gasteiger partial charge is 0.271 e. The third kappa shape index (κ3) is 5.74. The van der Waals surface area contributed by atoms with E-state index in [2.05, 4.69) is 20.7 Å². The number of rotatable bonds is 9. The zero-order valence-corrected chi connectivity index (χ0v) is 17.2. The van der Waals surface area contributed by atoms with Crippen LogP contribution in [0.3, 0.4) is 0 Å². The molecule has 3 aromatic rings. The third-order valence-electron chi connectivity index (χ3n) is 4.26. The van der Waals surface area contributed by atoms with Crippen LogP contribution in [0.4, 0.5) is 0 Å². The van der Waals surface area contributed by atoms with Crippen LogP contribution in [0.1, 0.15) is 22.5 Å². The molecular formula is C20H22N6O3S. The lowest BCUT2D eigenvalue weighted by Gasteiger charge is -2.18. The molecule has 0 bridgehead atoms. The molecule has 1 aromatic carbocycles. The molecule has 0 aliphatic rings. The largest absolute Gasteiger partial charge is 0.370 e. The number of carbonyl (C=O) groups excluding carboxylic acids is 3. The second-order valence-electron chi connectivity index (χ2n) is 6.66. The molecule has 1 atom stereocenters. The second kappa shape index (κ2) is 9.79. The Bertz CT molecular complexity index is 1030. The molecule has 0 aliphatic heterocycles. The average Bonchev–Trinajstić information content (AvgIpc) is 3.37. The Balaban J connectivity index is 1.71. The number of amides is 3. The van der Waals surface area contributed by atoms with Crippen LogP contribution in [0.15, 0.2) is 48.1 Å². The van der Waals surface area contributed by atoms with E-state index in [1.807, 2.05) is 36.5 Å². The Labute approximate surface area is 177 Å². The maximum Gasteiger partial charge on any atom is 0.271 e. The van der Waals surface area contributed by atoms with Crippen LogP contribution in [-0.4, -0.2) is 45.1 Å². The van der Waals surface area contributed by atoms with Gasteiger partial charge in [0.15, 0.2) is 0 Å². The van der Waals surface area contributed by atoms with Crippen molar-refractivity contribution >= 4 is 29.1 Å². The Morgan fingerprint density at radius 2 is 2.00 bits per heavy atom. The van der Waals surface area contributed by atoms with E-state index in [0.29, 0.717) is 11.4 Å². The number of thiazole rings is 1. The maximum atomic E-state index is 12.7. The SMILES string of the molecule is Cn1cc(-c2nc(C(=O)N[C@H](Cc3ccccc3)C(=O)NCCC(N)=O)cs2)cn1. The summed E-state index contributed by atoms with van der Waals surface area (Å²) in [7, 11) is 1.80. The highest BCUT2D eigenvalue weighted by molar-refractivity contribution is 7.13. The van der Waals surface area contributed by atoms with Crippen LogP contribution in [0, 0.1) is 0 Å². The fourth-order valence-corrected chi connectivity index (χ4v) is 3.54. The fraction of sp³-hybridized carbons (Fsp3) is 0.250. The normalized spacial score (nSPS) is 11.6. The number of nitrogens with zero attached hydrogens (tertiary/aromatic N) is 3. The summed E-state index contributed by atoms with van der Waals surface area (Å²) in [4.78, 5) is 40.6. The van der Waals surface area contributed by atoms with Crippen molar-refractivity contribution in [3.05, 3.63) is 59.4 Å². The summed E-state index contributed by atoms with van der Waals surface area (Å²) in [6.07, 6.45) is 3.81. The minimum Gasteiger partial charge on any atom is -0.370 e. The molecule has 0 radical (unpaired) electrons. The van der Waals surface area contributed by atoms with E-state index in [1.165, 1.54) is 11.3 Å². The van der Waals surface area contributed by atoms with Gasteiger partial charge in [-0.25, -0.2) is 4.98 Å². The molecule has 3 rings (SSSR count). The highest BCUT2D eigenvalue weighted by Crippen LogP contribution is 2.23. The van der Waals surface area contributed by atoms with Crippen molar-refractivity contribution < 1.29 is 14.4 Å². The summed E-state index contributed by atoms with van der Waals surface area (Å²) >= 11 is 1.32. The van der Waals surface area contributed by atoms with Crippen molar-refractivity contribution in [2.75, 3.05) is 6.54 Å². The third-order valence-corrected chi connectivity index (χ3v) is 5.16. The number of aromatic nitrogens is 3. The summed E-state index contributed by atoms with van der Waals surface area (Å²) in [5.74, 6) is -1.35. The Morgan fingerprint density at radius 3 is 2.67 bits per heavy atom. The van der Waals surface area contributed by atoms with E-state index >= 15 is 0 Å². The molecular weight excluding hydrogens is 404 g/mol. The van der Waals surface area contributed by atoms with Crippen LogP contribution >= 0.6 is 11.3 Å². The zero-order chi connectivity index (χ0) is 21.5. The first-order valence-electron chi connectivity index (χ1n) is 9.27. The summed E-state index contributed by atoms with van der Waals surface area (Å²) < 4.78 is 1.66. The van der Waals surface area contributed by atoms with Gasteiger partial charge in [-0.05, 0) is 5.56 Å². The first-order valence-corrected chi connectivity index (χ1v) is 10.2. The first-order chi connectivity index (χ1) is 14.4. The van der Waals surface area contributed by atoms with E-state index in [-0.39, 0.29) is 18.7 Å². The number of hydrogen-bond acceptors (Lipinski definition) is 6. The van der Waals surface area contributed by atoms with Gasteiger partial charge in [-0.3, -0.25) is 19.1 Å². The summed E-state index contributed by atoms with van der Waals surface area (Å²) in [6.45, 7) is 0.108. The quantitative estimate of drug-likeness (QED) is 0.467. The van der Waals surface area contributed by atoms with Crippen molar-refractivity contribution in [2.24, 2.45) is 12.8 Å². The monoisotopic (exact) mass is 426 g/mol. The van der Waals surface area contributed by atoms with Crippen molar-refractivity contribution in [2.45, 2.75) is 18.9 Å². The second-order valence-corrected chi connectivity index (χ2v) is 7.52. The topological polar surface area (TPSA) is 132 Å². The predicted octanol–water partition coefficient (Wildman–Crippen LogP) is 0.876. The minimum absolute atomic E-state index is 0.0261. The Kier molecular flexibility index (Phi) is 6.91. The number of carbonyl (C=O) groups is 3. The van der Waals surface area contributed by atoms with Gasteiger partial charge in [-0.15, -0.1) is 11.3 Å². The van der Waals surface area contributed by atoms with Gasteiger partial charge >= 0.3 is 0 Å². The molecule has 0 fully saturated rings.